The third kappa shape index (κ3) is 29.9. The minimum absolute atomic E-state index is 0.118. The summed E-state index contributed by atoms with van der Waals surface area (Å²) in [5, 5.41) is 0. The monoisotopic (exact) mass is 745 g/mol. The summed E-state index contributed by atoms with van der Waals surface area (Å²) in [4.78, 5) is 0. The Kier molecular flexibility index (Phi) is 34.4. The van der Waals surface area contributed by atoms with Crippen LogP contribution in [-0.2, 0) is 10.7 Å². The maximum absolute atomic E-state index is 4.19. The van der Waals surface area contributed by atoms with E-state index in [0.29, 0.717) is 0 Å². The molecule has 0 aliphatic heterocycles. The van der Waals surface area contributed by atoms with Crippen LogP contribution in [-0.4, -0.2) is 0 Å². The molecule has 1 aromatic rings. The summed E-state index contributed by atoms with van der Waals surface area (Å²) in [6.45, 7) is 7.04. The lowest BCUT2D eigenvalue weighted by Gasteiger charge is -2.26. The molecule has 0 aromatic heterocycles. The van der Waals surface area contributed by atoms with E-state index < -0.39 is 0 Å². The molecule has 0 nitrogen and oxygen atoms in total. The summed E-state index contributed by atoms with van der Waals surface area (Å²) >= 11 is 4.19. The number of unbranched alkanes of at least 4 members (excludes halogenated alkanes) is 34. The van der Waals surface area contributed by atoms with Crippen LogP contribution in [0.2, 0.25) is 0 Å². The molecule has 0 aliphatic carbocycles. The van der Waals surface area contributed by atoms with Gasteiger partial charge in [0, 0.05) is 4.32 Å². The molecule has 288 valence electrons. The first-order valence-corrected chi connectivity index (χ1v) is 23.7. The highest BCUT2D eigenvalue weighted by molar-refractivity contribution is 9.09. The summed E-state index contributed by atoms with van der Waals surface area (Å²) in [5.74, 6) is 0. The Morgan fingerprint density at radius 2 is 0.633 bits per heavy atom. The number of aryl methyl sites for hydroxylation is 1. The molecule has 49 heavy (non-hydrogen) atoms. The summed E-state index contributed by atoms with van der Waals surface area (Å²) in [7, 11) is 0. The zero-order chi connectivity index (χ0) is 35.4. The van der Waals surface area contributed by atoms with Crippen molar-refractivity contribution in [2.75, 3.05) is 0 Å². The van der Waals surface area contributed by atoms with Crippen molar-refractivity contribution in [3.63, 3.8) is 0 Å². The highest BCUT2D eigenvalue weighted by Gasteiger charge is 2.24. The van der Waals surface area contributed by atoms with Crippen LogP contribution in [0.25, 0.3) is 0 Å². The van der Waals surface area contributed by atoms with Crippen LogP contribution in [0.5, 0.6) is 0 Å². The third-order valence-corrected chi connectivity index (χ3v) is 12.2. The second-order valence-corrected chi connectivity index (χ2v) is 18.1. The SMILES string of the molecule is CCCCCCCCCCCCCCCCCCCCc1ccccc1C(C)(Br)CCCCCCCCCCCCCCCCCCCC. The number of rotatable bonds is 39. The standard InChI is InChI=1S/C48H89Br/c1-4-6-8-10-12-14-16-18-20-22-24-26-28-30-32-34-36-38-42-46-43-39-40-44-47(46)48(3,49)45-41-37-35-33-31-29-27-25-23-21-19-17-15-13-11-9-7-5-2/h39-40,43-44H,4-38,41-42,45H2,1-3H3. The van der Waals surface area contributed by atoms with Crippen molar-refractivity contribution >= 4 is 15.9 Å². The largest absolute Gasteiger partial charge is 0.0804 e. The molecule has 1 heteroatoms. The van der Waals surface area contributed by atoms with Gasteiger partial charge in [0.2, 0.25) is 0 Å². The molecule has 0 fully saturated rings. The average molecular weight is 746 g/mol. The van der Waals surface area contributed by atoms with E-state index in [1.807, 2.05) is 0 Å². The van der Waals surface area contributed by atoms with E-state index in [1.165, 1.54) is 244 Å². The molecular weight excluding hydrogens is 656 g/mol. The molecule has 0 bridgehead atoms. The van der Waals surface area contributed by atoms with Crippen molar-refractivity contribution < 1.29 is 0 Å². The quantitative estimate of drug-likeness (QED) is 0.0465. The fourth-order valence-electron chi connectivity index (χ4n) is 7.96. The van der Waals surface area contributed by atoms with Crippen LogP contribution in [0, 0.1) is 0 Å². The minimum Gasteiger partial charge on any atom is -0.0804 e. The fourth-order valence-corrected chi connectivity index (χ4v) is 8.62. The Labute approximate surface area is 319 Å². The zero-order valence-electron chi connectivity index (χ0n) is 34.1. The van der Waals surface area contributed by atoms with Crippen LogP contribution >= 0.6 is 15.9 Å². The van der Waals surface area contributed by atoms with Crippen molar-refractivity contribution in [2.45, 2.75) is 269 Å². The van der Waals surface area contributed by atoms with Gasteiger partial charge in [0.1, 0.15) is 0 Å². The lowest BCUT2D eigenvalue weighted by Crippen LogP contribution is -2.15. The van der Waals surface area contributed by atoms with Crippen molar-refractivity contribution in [3.8, 4) is 0 Å². The topological polar surface area (TPSA) is 0 Å². The van der Waals surface area contributed by atoms with Crippen molar-refractivity contribution in [3.05, 3.63) is 35.4 Å². The number of hydrogen-bond acceptors (Lipinski definition) is 0. The highest BCUT2D eigenvalue weighted by atomic mass is 79.9. The van der Waals surface area contributed by atoms with Crippen LogP contribution in [0.4, 0.5) is 0 Å². The first-order chi connectivity index (χ1) is 24.1. The van der Waals surface area contributed by atoms with E-state index >= 15 is 0 Å². The predicted octanol–water partition coefficient (Wildman–Crippen LogP) is 18.3. The molecule has 0 aliphatic rings. The second-order valence-electron chi connectivity index (χ2n) is 16.4. The fraction of sp³-hybridized carbons (Fsp3) is 0.875. The molecule has 1 atom stereocenters. The van der Waals surface area contributed by atoms with Gasteiger partial charge in [-0.25, -0.2) is 0 Å². The average Bonchev–Trinajstić information content (AvgIpc) is 3.10. The van der Waals surface area contributed by atoms with Crippen molar-refractivity contribution in [2.24, 2.45) is 0 Å². The molecule has 0 heterocycles. The number of benzene rings is 1. The number of halogens is 1. The van der Waals surface area contributed by atoms with E-state index in [4.69, 9.17) is 0 Å². The van der Waals surface area contributed by atoms with Gasteiger partial charge in [-0.15, -0.1) is 0 Å². The highest BCUT2D eigenvalue weighted by Crippen LogP contribution is 2.38. The molecule has 0 radical (unpaired) electrons. The van der Waals surface area contributed by atoms with E-state index in [1.54, 1.807) is 11.1 Å². The third-order valence-electron chi connectivity index (χ3n) is 11.4. The number of hydrogen-bond donors (Lipinski definition) is 0. The molecule has 1 aromatic carbocycles. The van der Waals surface area contributed by atoms with E-state index in [2.05, 4.69) is 61.0 Å². The Morgan fingerprint density at radius 1 is 0.367 bits per heavy atom. The molecular formula is C48H89Br. The Morgan fingerprint density at radius 3 is 0.959 bits per heavy atom. The van der Waals surface area contributed by atoms with Gasteiger partial charge >= 0.3 is 0 Å². The normalized spacial score (nSPS) is 12.9. The molecule has 1 unspecified atom stereocenters. The Balaban J connectivity index is 1.97. The second kappa shape index (κ2) is 36.1. The Bertz CT molecular complexity index is 781. The smallest absolute Gasteiger partial charge is 0.0480 e. The van der Waals surface area contributed by atoms with Crippen molar-refractivity contribution in [1.29, 1.82) is 0 Å². The zero-order valence-corrected chi connectivity index (χ0v) is 35.6. The van der Waals surface area contributed by atoms with Gasteiger partial charge in [-0.3, -0.25) is 0 Å². The van der Waals surface area contributed by atoms with Crippen LogP contribution < -0.4 is 0 Å². The minimum atomic E-state index is 0.118. The predicted molar refractivity (Wildman–Crippen MR) is 229 cm³/mol. The molecule has 1 rings (SSSR count). The van der Waals surface area contributed by atoms with Gasteiger partial charge in [-0.2, -0.15) is 0 Å². The van der Waals surface area contributed by atoms with E-state index in [0.717, 1.165) is 0 Å². The first-order valence-electron chi connectivity index (χ1n) is 22.9. The van der Waals surface area contributed by atoms with Gasteiger partial charge < -0.3 is 0 Å². The van der Waals surface area contributed by atoms with Crippen LogP contribution in [0.3, 0.4) is 0 Å². The van der Waals surface area contributed by atoms with E-state index in [-0.39, 0.29) is 4.32 Å². The Hall–Kier alpha value is -0.300. The van der Waals surface area contributed by atoms with Gasteiger partial charge in [0.05, 0.1) is 0 Å². The first kappa shape index (κ1) is 46.7. The lowest BCUT2D eigenvalue weighted by atomic mass is 9.88. The molecule has 0 spiro atoms. The van der Waals surface area contributed by atoms with Gasteiger partial charge in [0.15, 0.2) is 0 Å². The van der Waals surface area contributed by atoms with E-state index in [9.17, 15) is 0 Å². The lowest BCUT2D eigenvalue weighted by molar-refractivity contribution is 0.512. The van der Waals surface area contributed by atoms with Crippen molar-refractivity contribution in [1.82, 2.24) is 0 Å². The summed E-state index contributed by atoms with van der Waals surface area (Å²) in [6.07, 6.45) is 54.5. The molecule has 0 amide bonds. The van der Waals surface area contributed by atoms with Gasteiger partial charge in [-0.1, -0.05) is 279 Å². The summed E-state index contributed by atoms with van der Waals surface area (Å²) in [6, 6.07) is 9.31. The summed E-state index contributed by atoms with van der Waals surface area (Å²) < 4.78 is 0.118. The molecule has 0 N–H and O–H groups in total. The van der Waals surface area contributed by atoms with Gasteiger partial charge in [-0.05, 0) is 37.3 Å². The molecule has 0 saturated carbocycles. The summed E-state index contributed by atoms with van der Waals surface area (Å²) in [5.41, 5.74) is 3.13. The molecule has 0 saturated heterocycles. The van der Waals surface area contributed by atoms with Crippen LogP contribution in [0.1, 0.15) is 269 Å². The van der Waals surface area contributed by atoms with Gasteiger partial charge in [0.25, 0.3) is 0 Å². The number of alkyl halides is 1. The maximum atomic E-state index is 4.19. The van der Waals surface area contributed by atoms with Crippen LogP contribution in [0.15, 0.2) is 24.3 Å². The maximum Gasteiger partial charge on any atom is 0.0480 e.